The number of likely N-dealkylation sites (tertiary alicyclic amines) is 2. The van der Waals surface area contributed by atoms with E-state index in [9.17, 15) is 9.59 Å². The van der Waals surface area contributed by atoms with Crippen LogP contribution in [0.1, 0.15) is 69.0 Å². The van der Waals surface area contributed by atoms with Crippen molar-refractivity contribution in [1.82, 2.24) is 14.7 Å². The molecule has 3 fully saturated rings. The molecule has 2 aromatic rings. The van der Waals surface area contributed by atoms with E-state index in [1.807, 2.05) is 60.2 Å². The van der Waals surface area contributed by atoms with Gasteiger partial charge in [-0.1, -0.05) is 20.8 Å². The second-order valence-corrected chi connectivity index (χ2v) is 13.9. The van der Waals surface area contributed by atoms with Crippen LogP contribution in [0.4, 0.5) is 4.79 Å². The van der Waals surface area contributed by atoms with Crippen LogP contribution in [0.15, 0.2) is 36.4 Å². The number of hydrogen-bond acceptors (Lipinski definition) is 5. The molecule has 7 heteroatoms. The molecule has 2 aliphatic heterocycles. The monoisotopic (exact) mass is 551 g/mol. The highest BCUT2D eigenvalue weighted by atomic mass is 32.1. The molecule has 5 rings (SSSR count). The number of nitrogens with zero attached hydrogens (tertiary/aromatic N) is 3. The third kappa shape index (κ3) is 6.19. The minimum absolute atomic E-state index is 0.104. The number of urea groups is 1. The van der Waals surface area contributed by atoms with Crippen molar-refractivity contribution in [3.63, 3.8) is 0 Å². The van der Waals surface area contributed by atoms with Gasteiger partial charge in [0, 0.05) is 56.1 Å². The zero-order valence-electron chi connectivity index (χ0n) is 24.3. The second-order valence-electron chi connectivity index (χ2n) is 12.8. The number of carbonyl (C=O) groups excluding carboxylic acids is 2. The van der Waals surface area contributed by atoms with Crippen LogP contribution in [0, 0.1) is 17.3 Å². The summed E-state index contributed by atoms with van der Waals surface area (Å²) in [5, 5.41) is 0. The molecule has 3 heterocycles. The van der Waals surface area contributed by atoms with E-state index in [4.69, 9.17) is 4.74 Å². The standard InChI is InChI=1S/C32H45N3O3S/c1-22(30(36)29-11-10-28(39-29)23-6-8-27(38-5)9-7-23)24-14-18-35(20-24)31(37)33(4)26-15-19-34(21-26)25-12-16-32(2,3)17-13-25/h6-11,22,24-26H,12-21H2,1-5H3/t22-,24?,26?/m1/s1. The van der Waals surface area contributed by atoms with Crippen LogP contribution in [0.3, 0.4) is 0 Å². The fourth-order valence-electron chi connectivity index (χ4n) is 6.73. The Morgan fingerprint density at radius 3 is 2.41 bits per heavy atom. The molecule has 39 heavy (non-hydrogen) atoms. The zero-order chi connectivity index (χ0) is 27.7. The normalized spacial score (nSPS) is 24.6. The number of ketones is 1. The number of likely N-dealkylation sites (N-methyl/N-ethyl adjacent to an activating group) is 1. The van der Waals surface area contributed by atoms with E-state index in [0.717, 1.165) is 53.5 Å². The van der Waals surface area contributed by atoms with Gasteiger partial charge in [0.15, 0.2) is 5.78 Å². The highest BCUT2D eigenvalue weighted by molar-refractivity contribution is 7.17. The molecule has 2 unspecified atom stereocenters. The molecule has 3 atom stereocenters. The molecule has 1 aromatic carbocycles. The summed E-state index contributed by atoms with van der Waals surface area (Å²) in [4.78, 5) is 35.3. The molecule has 1 aromatic heterocycles. The number of hydrogen-bond donors (Lipinski definition) is 0. The van der Waals surface area contributed by atoms with Gasteiger partial charge in [-0.25, -0.2) is 4.79 Å². The van der Waals surface area contributed by atoms with Crippen LogP contribution < -0.4 is 4.74 Å². The van der Waals surface area contributed by atoms with Crippen molar-refractivity contribution in [1.29, 1.82) is 0 Å². The van der Waals surface area contributed by atoms with Crippen LogP contribution in [0.2, 0.25) is 0 Å². The molecule has 2 amide bonds. The number of carbonyl (C=O) groups is 2. The van der Waals surface area contributed by atoms with E-state index in [2.05, 4.69) is 18.7 Å². The van der Waals surface area contributed by atoms with Gasteiger partial charge in [-0.2, -0.15) is 0 Å². The first-order valence-electron chi connectivity index (χ1n) is 14.7. The Hall–Kier alpha value is -2.38. The van der Waals surface area contributed by atoms with Gasteiger partial charge in [0.25, 0.3) is 0 Å². The van der Waals surface area contributed by atoms with Gasteiger partial charge in [0.05, 0.1) is 12.0 Å². The van der Waals surface area contributed by atoms with Crippen LogP contribution in [-0.2, 0) is 0 Å². The lowest BCUT2D eigenvalue weighted by atomic mass is 9.75. The Morgan fingerprint density at radius 1 is 1.00 bits per heavy atom. The number of amides is 2. The van der Waals surface area contributed by atoms with E-state index in [1.54, 1.807) is 18.4 Å². The van der Waals surface area contributed by atoms with Crippen molar-refractivity contribution in [2.24, 2.45) is 17.3 Å². The Kier molecular flexibility index (Phi) is 8.39. The third-order valence-electron chi connectivity index (χ3n) is 9.71. The number of benzene rings is 1. The maximum Gasteiger partial charge on any atom is 0.320 e. The molecule has 0 radical (unpaired) electrons. The molecular weight excluding hydrogens is 506 g/mol. The summed E-state index contributed by atoms with van der Waals surface area (Å²) in [6.07, 6.45) is 7.11. The van der Waals surface area contributed by atoms with E-state index in [-0.39, 0.29) is 29.7 Å². The first-order chi connectivity index (χ1) is 18.6. The maximum atomic E-state index is 13.5. The molecule has 2 saturated heterocycles. The maximum absolute atomic E-state index is 13.5. The van der Waals surface area contributed by atoms with Gasteiger partial charge in [-0.15, -0.1) is 11.3 Å². The van der Waals surface area contributed by atoms with Gasteiger partial charge in [-0.3, -0.25) is 9.69 Å². The lowest BCUT2D eigenvalue weighted by Gasteiger charge is -2.39. The summed E-state index contributed by atoms with van der Waals surface area (Å²) in [7, 11) is 3.64. The summed E-state index contributed by atoms with van der Waals surface area (Å²) >= 11 is 1.55. The molecule has 0 N–H and O–H groups in total. The Bertz CT molecular complexity index is 1150. The van der Waals surface area contributed by atoms with Crippen LogP contribution in [0.25, 0.3) is 10.4 Å². The Labute approximate surface area is 238 Å². The van der Waals surface area contributed by atoms with Crippen molar-refractivity contribution < 1.29 is 14.3 Å². The first kappa shape index (κ1) is 28.2. The summed E-state index contributed by atoms with van der Waals surface area (Å²) in [6.45, 7) is 10.3. The van der Waals surface area contributed by atoms with Gasteiger partial charge < -0.3 is 14.5 Å². The minimum atomic E-state index is -0.104. The lowest BCUT2D eigenvalue weighted by molar-refractivity contribution is 0.0889. The Morgan fingerprint density at radius 2 is 1.72 bits per heavy atom. The summed E-state index contributed by atoms with van der Waals surface area (Å²) in [5.74, 6) is 1.11. The van der Waals surface area contributed by atoms with Crippen LogP contribution in [0.5, 0.6) is 5.75 Å². The van der Waals surface area contributed by atoms with Gasteiger partial charge in [0.1, 0.15) is 5.75 Å². The highest BCUT2D eigenvalue weighted by Crippen LogP contribution is 2.38. The highest BCUT2D eigenvalue weighted by Gasteiger charge is 2.39. The van der Waals surface area contributed by atoms with Crippen molar-refractivity contribution >= 4 is 23.2 Å². The van der Waals surface area contributed by atoms with Gasteiger partial charge >= 0.3 is 6.03 Å². The first-order valence-corrected chi connectivity index (χ1v) is 15.5. The third-order valence-corrected chi connectivity index (χ3v) is 10.9. The second kappa shape index (κ2) is 11.6. The average molecular weight is 552 g/mol. The molecule has 3 aliphatic rings. The summed E-state index contributed by atoms with van der Waals surface area (Å²) < 4.78 is 5.26. The smallest absolute Gasteiger partial charge is 0.320 e. The van der Waals surface area contributed by atoms with Crippen LogP contribution >= 0.6 is 11.3 Å². The molecule has 6 nitrogen and oxygen atoms in total. The van der Waals surface area contributed by atoms with Gasteiger partial charge in [0.2, 0.25) is 0 Å². The molecule has 1 saturated carbocycles. The van der Waals surface area contributed by atoms with E-state index < -0.39 is 0 Å². The SMILES string of the molecule is COc1ccc(-c2ccc(C(=O)[C@H](C)C3CCN(C(=O)N(C)C4CCN(C5CCC(C)(C)CC5)C4)C3)s2)cc1. The zero-order valence-corrected chi connectivity index (χ0v) is 25.1. The lowest BCUT2D eigenvalue weighted by Crippen LogP contribution is -2.47. The predicted molar refractivity (Wildman–Crippen MR) is 159 cm³/mol. The van der Waals surface area contributed by atoms with E-state index >= 15 is 0 Å². The fraction of sp³-hybridized carbons (Fsp3) is 0.625. The Balaban J connectivity index is 1.13. The van der Waals surface area contributed by atoms with Crippen molar-refractivity contribution in [2.45, 2.75) is 71.4 Å². The van der Waals surface area contributed by atoms with Crippen molar-refractivity contribution in [3.05, 3.63) is 41.3 Å². The van der Waals surface area contributed by atoms with Gasteiger partial charge in [-0.05, 0) is 91.8 Å². The largest absolute Gasteiger partial charge is 0.497 e. The number of methoxy groups -OCH3 is 1. The van der Waals surface area contributed by atoms with E-state index in [0.29, 0.717) is 18.0 Å². The number of Topliss-reactive ketones (excluding diaryl/α,β-unsaturated/α-hetero) is 1. The molecule has 0 bridgehead atoms. The summed E-state index contributed by atoms with van der Waals surface area (Å²) in [5.41, 5.74) is 1.57. The topological polar surface area (TPSA) is 53.1 Å². The number of rotatable bonds is 7. The van der Waals surface area contributed by atoms with Crippen LogP contribution in [-0.4, -0.2) is 78.9 Å². The molecule has 1 aliphatic carbocycles. The predicted octanol–water partition coefficient (Wildman–Crippen LogP) is 6.66. The van der Waals surface area contributed by atoms with Crippen molar-refractivity contribution in [3.8, 4) is 16.2 Å². The number of thiophene rings is 1. The number of ether oxygens (including phenoxy) is 1. The summed E-state index contributed by atoms with van der Waals surface area (Å²) in [6, 6.07) is 13.0. The fourth-order valence-corrected chi connectivity index (χ4v) is 7.78. The molecular formula is C32H45N3O3S. The quantitative estimate of drug-likeness (QED) is 0.361. The molecule has 0 spiro atoms. The minimum Gasteiger partial charge on any atom is -0.497 e. The molecule has 212 valence electrons. The van der Waals surface area contributed by atoms with Crippen molar-refractivity contribution in [2.75, 3.05) is 40.3 Å². The average Bonchev–Trinajstić information content (AvgIpc) is 3.72. The van der Waals surface area contributed by atoms with E-state index in [1.165, 1.54) is 25.7 Å².